The first-order valence-electron chi connectivity index (χ1n) is 6.42. The maximum Gasteiger partial charge on any atom is 0.338 e. The van der Waals surface area contributed by atoms with Crippen LogP contribution in [0.3, 0.4) is 0 Å². The Morgan fingerprint density at radius 2 is 1.89 bits per heavy atom. The Hall–Kier alpha value is -1.36. The monoisotopic (exact) mass is 282 g/mol. The van der Waals surface area contributed by atoms with Gasteiger partial charge in [0.1, 0.15) is 0 Å². The fourth-order valence-corrected chi connectivity index (χ4v) is 4.51. The van der Waals surface area contributed by atoms with Gasteiger partial charge in [-0.25, -0.2) is 13.2 Å². The smallest absolute Gasteiger partial charge is 0.338 e. The van der Waals surface area contributed by atoms with E-state index in [1.165, 1.54) is 7.11 Å². The minimum Gasteiger partial charge on any atom is -0.465 e. The van der Waals surface area contributed by atoms with Gasteiger partial charge in [-0.05, 0) is 24.5 Å². The van der Waals surface area contributed by atoms with Gasteiger partial charge in [0.05, 0.1) is 23.7 Å². The van der Waals surface area contributed by atoms with Crippen LogP contribution in [0.2, 0.25) is 0 Å². The van der Waals surface area contributed by atoms with Crippen molar-refractivity contribution in [1.82, 2.24) is 0 Å². The second-order valence-electron chi connectivity index (χ2n) is 4.86. The molecule has 1 fully saturated rings. The molecule has 0 unspecified atom stereocenters. The van der Waals surface area contributed by atoms with Gasteiger partial charge >= 0.3 is 5.97 Å². The Morgan fingerprint density at radius 3 is 2.53 bits per heavy atom. The summed E-state index contributed by atoms with van der Waals surface area (Å²) in [5.74, 6) is -0.569. The minimum absolute atomic E-state index is 0.0804. The standard InChI is InChI=1S/C14H18O4S/c1-18-14(15)13-9-5-2-6-11(13)10-19(16,17)12-7-3-4-8-12/h2,5-6,9,12H,3-4,7-8,10H2,1H3. The van der Waals surface area contributed by atoms with E-state index in [1.54, 1.807) is 24.3 Å². The Bertz CT molecular complexity index is 557. The number of methoxy groups -OCH3 is 1. The molecule has 5 heteroatoms. The van der Waals surface area contributed by atoms with Gasteiger partial charge in [-0.3, -0.25) is 0 Å². The van der Waals surface area contributed by atoms with Gasteiger partial charge in [-0.1, -0.05) is 31.0 Å². The zero-order valence-electron chi connectivity index (χ0n) is 11.0. The van der Waals surface area contributed by atoms with Gasteiger partial charge in [0.15, 0.2) is 9.84 Å². The molecule has 19 heavy (non-hydrogen) atoms. The molecule has 0 saturated heterocycles. The molecule has 0 radical (unpaired) electrons. The van der Waals surface area contributed by atoms with Crippen molar-refractivity contribution in [2.75, 3.05) is 7.11 Å². The lowest BCUT2D eigenvalue weighted by atomic mass is 10.1. The minimum atomic E-state index is -3.19. The molecule has 1 aliphatic carbocycles. The Labute approximate surface area is 113 Å². The summed E-state index contributed by atoms with van der Waals surface area (Å²) in [5, 5.41) is -0.252. The molecule has 0 heterocycles. The van der Waals surface area contributed by atoms with Crippen molar-refractivity contribution in [3.8, 4) is 0 Å². The van der Waals surface area contributed by atoms with E-state index in [4.69, 9.17) is 0 Å². The first-order chi connectivity index (χ1) is 9.04. The predicted octanol–water partition coefficient (Wildman–Crippen LogP) is 2.33. The van der Waals surface area contributed by atoms with Gasteiger partial charge in [0.25, 0.3) is 0 Å². The molecular formula is C14H18O4S. The third-order valence-corrected chi connectivity index (χ3v) is 5.79. The summed E-state index contributed by atoms with van der Waals surface area (Å²) in [5.41, 5.74) is 0.868. The molecule has 0 atom stereocenters. The van der Waals surface area contributed by atoms with Crippen molar-refractivity contribution in [3.05, 3.63) is 35.4 Å². The van der Waals surface area contributed by atoms with E-state index < -0.39 is 15.8 Å². The Kier molecular flexibility index (Phi) is 4.24. The average molecular weight is 282 g/mol. The van der Waals surface area contributed by atoms with E-state index in [2.05, 4.69) is 4.74 Å². The van der Waals surface area contributed by atoms with Crippen molar-refractivity contribution >= 4 is 15.8 Å². The normalized spacial score (nSPS) is 16.5. The van der Waals surface area contributed by atoms with Gasteiger partial charge in [0, 0.05) is 0 Å². The van der Waals surface area contributed by atoms with Crippen LogP contribution >= 0.6 is 0 Å². The molecule has 0 bridgehead atoms. The van der Waals surface area contributed by atoms with Crippen LogP contribution in [-0.4, -0.2) is 26.7 Å². The molecule has 4 nitrogen and oxygen atoms in total. The molecule has 1 aromatic rings. The molecule has 0 amide bonds. The highest BCUT2D eigenvalue weighted by atomic mass is 32.2. The molecular weight excluding hydrogens is 264 g/mol. The average Bonchev–Trinajstić information content (AvgIpc) is 2.93. The van der Waals surface area contributed by atoms with Crippen molar-refractivity contribution in [2.45, 2.75) is 36.7 Å². The van der Waals surface area contributed by atoms with Crippen molar-refractivity contribution in [1.29, 1.82) is 0 Å². The molecule has 2 rings (SSSR count). The number of sulfone groups is 1. The van der Waals surface area contributed by atoms with E-state index in [-0.39, 0.29) is 11.0 Å². The van der Waals surface area contributed by atoms with Crippen LogP contribution in [0.15, 0.2) is 24.3 Å². The highest BCUT2D eigenvalue weighted by Crippen LogP contribution is 2.27. The molecule has 1 saturated carbocycles. The summed E-state index contributed by atoms with van der Waals surface area (Å²) in [7, 11) is -1.89. The zero-order chi connectivity index (χ0) is 13.9. The SMILES string of the molecule is COC(=O)c1ccccc1CS(=O)(=O)C1CCCC1. The molecule has 0 aromatic heterocycles. The fourth-order valence-electron chi connectivity index (χ4n) is 2.54. The largest absolute Gasteiger partial charge is 0.465 e. The summed E-state index contributed by atoms with van der Waals surface area (Å²) in [6.45, 7) is 0. The van der Waals surface area contributed by atoms with E-state index >= 15 is 0 Å². The molecule has 0 N–H and O–H groups in total. The highest BCUT2D eigenvalue weighted by Gasteiger charge is 2.29. The zero-order valence-corrected chi connectivity index (χ0v) is 11.8. The summed E-state index contributed by atoms with van der Waals surface area (Å²) < 4.78 is 29.3. The van der Waals surface area contributed by atoms with Crippen LogP contribution in [0.4, 0.5) is 0 Å². The quantitative estimate of drug-likeness (QED) is 0.795. The Morgan fingerprint density at radius 1 is 1.26 bits per heavy atom. The molecule has 0 aliphatic heterocycles. The first kappa shape index (κ1) is 14.1. The number of rotatable bonds is 4. The summed E-state index contributed by atoms with van der Waals surface area (Å²) in [4.78, 5) is 11.6. The van der Waals surface area contributed by atoms with E-state index in [1.807, 2.05) is 0 Å². The third kappa shape index (κ3) is 3.15. The molecule has 104 valence electrons. The second kappa shape index (κ2) is 5.74. The highest BCUT2D eigenvalue weighted by molar-refractivity contribution is 7.91. The predicted molar refractivity (Wildman–Crippen MR) is 72.7 cm³/mol. The van der Waals surface area contributed by atoms with E-state index in [9.17, 15) is 13.2 Å². The van der Waals surface area contributed by atoms with E-state index in [0.717, 1.165) is 25.7 Å². The molecule has 1 aliphatic rings. The van der Waals surface area contributed by atoms with Crippen LogP contribution in [0.25, 0.3) is 0 Å². The second-order valence-corrected chi connectivity index (χ2v) is 7.14. The van der Waals surface area contributed by atoms with Gasteiger partial charge in [-0.2, -0.15) is 0 Å². The maximum atomic E-state index is 12.3. The molecule has 1 aromatic carbocycles. The van der Waals surface area contributed by atoms with Crippen LogP contribution in [-0.2, 0) is 20.3 Å². The topological polar surface area (TPSA) is 60.4 Å². The van der Waals surface area contributed by atoms with Crippen LogP contribution in [0.5, 0.6) is 0 Å². The summed E-state index contributed by atoms with van der Waals surface area (Å²) in [6, 6.07) is 6.73. The Balaban J connectivity index is 2.25. The van der Waals surface area contributed by atoms with Gasteiger partial charge in [-0.15, -0.1) is 0 Å². The number of ether oxygens (including phenoxy) is 1. The van der Waals surface area contributed by atoms with E-state index in [0.29, 0.717) is 11.1 Å². The number of benzene rings is 1. The molecule has 0 spiro atoms. The maximum absolute atomic E-state index is 12.3. The fraction of sp³-hybridized carbons (Fsp3) is 0.500. The number of carbonyl (C=O) groups is 1. The summed E-state index contributed by atoms with van der Waals surface area (Å²) >= 11 is 0. The van der Waals surface area contributed by atoms with Crippen molar-refractivity contribution in [2.24, 2.45) is 0 Å². The number of hydrogen-bond donors (Lipinski definition) is 0. The van der Waals surface area contributed by atoms with Crippen molar-refractivity contribution in [3.63, 3.8) is 0 Å². The number of esters is 1. The van der Waals surface area contributed by atoms with Gasteiger partial charge in [0.2, 0.25) is 0 Å². The van der Waals surface area contributed by atoms with Crippen LogP contribution in [0, 0.1) is 0 Å². The summed E-state index contributed by atoms with van der Waals surface area (Å²) in [6.07, 6.45) is 3.43. The van der Waals surface area contributed by atoms with Crippen molar-refractivity contribution < 1.29 is 17.9 Å². The number of carbonyl (C=O) groups excluding carboxylic acids is 1. The van der Waals surface area contributed by atoms with Gasteiger partial charge < -0.3 is 4.74 Å². The van der Waals surface area contributed by atoms with Crippen LogP contribution in [0.1, 0.15) is 41.6 Å². The third-order valence-electron chi connectivity index (χ3n) is 3.59. The van der Waals surface area contributed by atoms with Crippen LogP contribution < -0.4 is 0 Å². The number of hydrogen-bond acceptors (Lipinski definition) is 4. The lowest BCUT2D eigenvalue weighted by Crippen LogP contribution is -2.21. The first-order valence-corrected chi connectivity index (χ1v) is 8.14. The lowest BCUT2D eigenvalue weighted by molar-refractivity contribution is 0.0600. The lowest BCUT2D eigenvalue weighted by Gasteiger charge is -2.13.